The van der Waals surface area contributed by atoms with E-state index in [4.69, 9.17) is 23.2 Å². The number of amides is 2. The van der Waals surface area contributed by atoms with E-state index in [1.165, 1.54) is 15.3 Å². The van der Waals surface area contributed by atoms with Crippen LogP contribution in [-0.2, 0) is 0 Å². The molecule has 0 aliphatic rings. The van der Waals surface area contributed by atoms with Gasteiger partial charge in [-0.1, -0.05) is 47.8 Å². The smallest absolute Gasteiger partial charge is 0.307 e. The number of benzene rings is 1. The van der Waals surface area contributed by atoms with E-state index >= 15 is 0 Å². The second kappa shape index (κ2) is 7.38. The number of hydrogen-bond acceptors (Lipinski definition) is 3. The lowest BCUT2D eigenvalue weighted by Crippen LogP contribution is -2.25. The van der Waals surface area contributed by atoms with E-state index in [1.54, 1.807) is 36.0 Å². The maximum absolute atomic E-state index is 11.8. The molecule has 1 rings (SSSR count). The van der Waals surface area contributed by atoms with E-state index in [9.17, 15) is 4.79 Å². The van der Waals surface area contributed by atoms with Crippen molar-refractivity contribution in [2.24, 2.45) is 0 Å². The largest absolute Gasteiger partial charge is 0.332 e. The average molecular weight is 325 g/mol. The second-order valence-corrected chi connectivity index (χ2v) is 7.45. The van der Waals surface area contributed by atoms with Gasteiger partial charge in [0.1, 0.15) is 0 Å². The summed E-state index contributed by atoms with van der Waals surface area (Å²) in [5, 5.41) is 4.08. The molecule has 0 radical (unpaired) electrons. The number of nitrogens with zero attached hydrogens (tertiary/aromatic N) is 1. The number of urea groups is 1. The molecule has 1 aromatic rings. The van der Waals surface area contributed by atoms with Crippen LogP contribution in [0.4, 0.5) is 10.5 Å². The minimum Gasteiger partial charge on any atom is -0.307 e. The third-order valence-corrected chi connectivity index (χ3v) is 5.49. The number of carbonyl (C=O) groups is 1. The molecular weight excluding hydrogens is 311 g/mol. The molecule has 7 heteroatoms. The van der Waals surface area contributed by atoms with Crippen molar-refractivity contribution in [3.05, 3.63) is 28.2 Å². The topological polar surface area (TPSA) is 32.3 Å². The van der Waals surface area contributed by atoms with Gasteiger partial charge in [0.15, 0.2) is 0 Å². The Bertz CT molecular complexity index is 430. The zero-order valence-corrected chi connectivity index (χ0v) is 13.4. The summed E-state index contributed by atoms with van der Waals surface area (Å²) in [5.41, 5.74) is 0.622. The van der Waals surface area contributed by atoms with Gasteiger partial charge in [-0.2, -0.15) is 0 Å². The maximum atomic E-state index is 11.8. The molecule has 18 heavy (non-hydrogen) atoms. The molecule has 100 valence electrons. The van der Waals surface area contributed by atoms with E-state index in [0.29, 0.717) is 21.0 Å². The summed E-state index contributed by atoms with van der Waals surface area (Å²) in [6, 6.07) is 4.78. The third kappa shape index (κ3) is 5.18. The van der Waals surface area contributed by atoms with Gasteiger partial charge in [-0.05, 0) is 18.2 Å². The van der Waals surface area contributed by atoms with Gasteiger partial charge >= 0.3 is 6.03 Å². The van der Waals surface area contributed by atoms with Gasteiger partial charge < -0.3 is 5.32 Å². The maximum Gasteiger partial charge on any atom is 0.332 e. The molecule has 2 amide bonds. The lowest BCUT2D eigenvalue weighted by Gasteiger charge is -2.17. The Hall–Kier alpha value is -0.230. The van der Waals surface area contributed by atoms with E-state index in [0.717, 1.165) is 0 Å². The normalized spacial score (nSPS) is 10.6. The Balaban J connectivity index is 2.55. The fourth-order valence-corrected chi connectivity index (χ4v) is 2.78. The Morgan fingerprint density at radius 3 is 2.56 bits per heavy atom. The van der Waals surface area contributed by atoms with Gasteiger partial charge in [0, 0.05) is 29.0 Å². The van der Waals surface area contributed by atoms with Crippen LogP contribution >= 0.6 is 45.0 Å². The highest BCUT2D eigenvalue weighted by Crippen LogP contribution is 2.30. The monoisotopic (exact) mass is 324 g/mol. The van der Waals surface area contributed by atoms with Gasteiger partial charge in [0.25, 0.3) is 0 Å². The van der Waals surface area contributed by atoms with Crippen LogP contribution in [0.5, 0.6) is 0 Å². The minimum atomic E-state index is -0.202. The van der Waals surface area contributed by atoms with E-state index in [1.807, 2.05) is 0 Å². The van der Waals surface area contributed by atoms with Crippen LogP contribution in [0, 0.1) is 0 Å². The Morgan fingerprint density at radius 1 is 1.33 bits per heavy atom. The van der Waals surface area contributed by atoms with Crippen molar-refractivity contribution < 1.29 is 4.79 Å². The first-order valence-electron chi connectivity index (χ1n) is 5.23. The van der Waals surface area contributed by atoms with Crippen molar-refractivity contribution in [3.63, 3.8) is 0 Å². The number of carbonyl (C=O) groups excluding carboxylic acids is 1. The first kappa shape index (κ1) is 15.8. The number of hydrogen-bond donors (Lipinski definition) is 1. The van der Waals surface area contributed by atoms with Crippen LogP contribution in [0.3, 0.4) is 0 Å². The second-order valence-electron chi connectivity index (χ2n) is 3.78. The van der Waals surface area contributed by atoms with Gasteiger partial charge in [-0.25, -0.2) is 4.79 Å². The Kier molecular flexibility index (Phi) is 6.49. The molecule has 1 N–H and O–H groups in total. The molecule has 0 heterocycles. The summed E-state index contributed by atoms with van der Waals surface area (Å²) < 4.78 is 1.53. The van der Waals surface area contributed by atoms with Crippen LogP contribution in [-0.4, -0.2) is 22.6 Å². The summed E-state index contributed by atoms with van der Waals surface area (Å²) in [7, 11) is 4.73. The fraction of sp³-hybridized carbons (Fsp3) is 0.364. The summed E-state index contributed by atoms with van der Waals surface area (Å²) in [4.78, 5) is 11.8. The van der Waals surface area contributed by atoms with Crippen LogP contribution in [0.15, 0.2) is 18.2 Å². The van der Waals surface area contributed by atoms with Crippen molar-refractivity contribution in [1.29, 1.82) is 0 Å². The zero-order valence-electron chi connectivity index (χ0n) is 10.2. The lowest BCUT2D eigenvalue weighted by atomic mass is 10.3. The predicted octanol–water partition coefficient (Wildman–Crippen LogP) is 5.16. The standard InChI is InChI=1S/C11H14Cl2N2OS2/c1-7(2)17-18-15(3)11(16)14-8-4-5-9(12)10(13)6-8/h4-7H,1-3H3,(H,14,16). The van der Waals surface area contributed by atoms with Gasteiger partial charge in [-0.3, -0.25) is 4.31 Å². The molecule has 0 unspecified atom stereocenters. The fourth-order valence-electron chi connectivity index (χ4n) is 0.961. The molecule has 0 aliphatic heterocycles. The van der Waals surface area contributed by atoms with E-state index in [2.05, 4.69) is 19.2 Å². The Morgan fingerprint density at radius 2 is 2.00 bits per heavy atom. The van der Waals surface area contributed by atoms with Crippen molar-refractivity contribution in [3.8, 4) is 0 Å². The van der Waals surface area contributed by atoms with Crippen LogP contribution in [0.2, 0.25) is 10.0 Å². The predicted molar refractivity (Wildman–Crippen MR) is 83.6 cm³/mol. The van der Waals surface area contributed by atoms with Crippen LogP contribution in [0.1, 0.15) is 13.8 Å². The van der Waals surface area contributed by atoms with Gasteiger partial charge in [0.2, 0.25) is 0 Å². The van der Waals surface area contributed by atoms with Crippen molar-refractivity contribution in [2.75, 3.05) is 12.4 Å². The molecule has 0 saturated heterocycles. The van der Waals surface area contributed by atoms with Crippen molar-refractivity contribution >= 4 is 56.7 Å². The van der Waals surface area contributed by atoms with Crippen molar-refractivity contribution in [2.45, 2.75) is 19.1 Å². The first-order chi connectivity index (χ1) is 8.40. The molecule has 0 saturated carbocycles. The highest BCUT2D eigenvalue weighted by molar-refractivity contribution is 8.76. The molecule has 0 bridgehead atoms. The van der Waals surface area contributed by atoms with E-state index < -0.39 is 0 Å². The number of halogens is 2. The highest BCUT2D eigenvalue weighted by atomic mass is 35.5. The van der Waals surface area contributed by atoms with Gasteiger partial charge in [-0.15, -0.1) is 0 Å². The molecule has 0 aliphatic carbocycles. The van der Waals surface area contributed by atoms with E-state index in [-0.39, 0.29) is 6.03 Å². The Labute approximate surface area is 125 Å². The summed E-state index contributed by atoms with van der Waals surface area (Å²) in [6.07, 6.45) is 0. The summed E-state index contributed by atoms with van der Waals surface area (Å²) in [5.74, 6) is 0. The van der Waals surface area contributed by atoms with Crippen LogP contribution in [0.25, 0.3) is 0 Å². The molecule has 0 aromatic heterocycles. The molecule has 3 nitrogen and oxygen atoms in total. The third-order valence-electron chi connectivity index (χ3n) is 1.80. The summed E-state index contributed by atoms with van der Waals surface area (Å²) in [6.45, 7) is 4.14. The molecular formula is C11H14Cl2N2OS2. The minimum absolute atomic E-state index is 0.202. The van der Waals surface area contributed by atoms with Crippen LogP contribution < -0.4 is 5.32 Å². The highest BCUT2D eigenvalue weighted by Gasteiger charge is 2.11. The number of anilines is 1. The molecule has 1 aromatic carbocycles. The first-order valence-corrected chi connectivity index (χ1v) is 8.16. The average Bonchev–Trinajstić information content (AvgIpc) is 2.30. The van der Waals surface area contributed by atoms with Crippen molar-refractivity contribution in [1.82, 2.24) is 4.31 Å². The lowest BCUT2D eigenvalue weighted by molar-refractivity contribution is 0.243. The zero-order chi connectivity index (χ0) is 13.7. The summed E-state index contributed by atoms with van der Waals surface area (Å²) >= 11 is 11.7. The number of rotatable bonds is 4. The molecule has 0 spiro atoms. The van der Waals surface area contributed by atoms with Gasteiger partial charge in [0.05, 0.1) is 10.0 Å². The molecule has 0 atom stereocenters. The number of nitrogens with one attached hydrogen (secondary N) is 1. The quantitative estimate of drug-likeness (QED) is 0.613. The molecule has 0 fully saturated rings. The SMILES string of the molecule is CC(C)SSN(C)C(=O)Nc1ccc(Cl)c(Cl)c1.